The number of carboxylic acid groups (broad SMARTS) is 1. The van der Waals surface area contributed by atoms with Gasteiger partial charge in [-0.25, -0.2) is 4.39 Å². The van der Waals surface area contributed by atoms with E-state index < -0.39 is 12.6 Å². The van der Waals surface area contributed by atoms with Crippen LogP contribution in [0.2, 0.25) is 0 Å². The van der Waals surface area contributed by atoms with E-state index in [1.807, 2.05) is 12.1 Å². The van der Waals surface area contributed by atoms with Gasteiger partial charge in [0.05, 0.1) is 11.7 Å². The Morgan fingerprint density at radius 2 is 2.10 bits per heavy atom. The number of aromatic nitrogens is 3. The number of hydrogen-bond donors (Lipinski definition) is 1. The summed E-state index contributed by atoms with van der Waals surface area (Å²) in [4.78, 5) is 15.1. The second kappa shape index (κ2) is 5.32. The van der Waals surface area contributed by atoms with Gasteiger partial charge in [0.25, 0.3) is 0 Å². The summed E-state index contributed by atoms with van der Waals surface area (Å²) in [7, 11) is 0. The van der Waals surface area contributed by atoms with Crippen LogP contribution in [-0.2, 0) is 18.0 Å². The van der Waals surface area contributed by atoms with Crippen LogP contribution in [0, 0.1) is 0 Å². The number of alkyl halides is 1. The van der Waals surface area contributed by atoms with Crippen LogP contribution in [0.3, 0.4) is 0 Å². The van der Waals surface area contributed by atoms with Crippen molar-refractivity contribution < 1.29 is 14.3 Å². The first-order chi connectivity index (χ1) is 10.2. The zero-order valence-electron chi connectivity index (χ0n) is 11.0. The second-order valence-electron chi connectivity index (χ2n) is 4.66. The quantitative estimate of drug-likeness (QED) is 0.800. The number of rotatable bonds is 4. The van der Waals surface area contributed by atoms with Crippen LogP contribution < -0.4 is 0 Å². The third-order valence-electron chi connectivity index (χ3n) is 3.19. The van der Waals surface area contributed by atoms with Crippen LogP contribution in [0.5, 0.6) is 0 Å². The van der Waals surface area contributed by atoms with E-state index in [1.54, 1.807) is 24.4 Å². The molecule has 6 heteroatoms. The van der Waals surface area contributed by atoms with Crippen LogP contribution in [0.25, 0.3) is 22.2 Å². The molecule has 0 aliphatic rings. The average molecular weight is 285 g/mol. The molecular weight excluding hydrogens is 273 g/mol. The lowest BCUT2D eigenvalue weighted by molar-refractivity contribution is -0.137. The molecule has 5 nitrogen and oxygen atoms in total. The third-order valence-corrected chi connectivity index (χ3v) is 3.19. The lowest BCUT2D eigenvalue weighted by atomic mass is 10.0. The monoisotopic (exact) mass is 285 g/mol. The summed E-state index contributed by atoms with van der Waals surface area (Å²) in [6, 6.07) is 8.92. The molecule has 1 aromatic carbocycles. The van der Waals surface area contributed by atoms with E-state index in [0.29, 0.717) is 16.6 Å². The summed E-state index contributed by atoms with van der Waals surface area (Å²) in [6.45, 7) is -0.750. The highest BCUT2D eigenvalue weighted by Crippen LogP contribution is 2.23. The van der Waals surface area contributed by atoms with Crippen molar-refractivity contribution in [1.29, 1.82) is 0 Å². The molecule has 106 valence electrons. The summed E-state index contributed by atoms with van der Waals surface area (Å²) in [5.74, 6) is -0.968. The zero-order chi connectivity index (χ0) is 14.8. The van der Waals surface area contributed by atoms with Gasteiger partial charge in [0.1, 0.15) is 18.7 Å². The van der Waals surface area contributed by atoms with Gasteiger partial charge in [0, 0.05) is 11.8 Å². The largest absolute Gasteiger partial charge is 0.480 e. The zero-order valence-corrected chi connectivity index (χ0v) is 11.0. The normalized spacial score (nSPS) is 10.9. The fraction of sp³-hybridized carbons (Fsp3) is 0.133. The summed E-state index contributed by atoms with van der Waals surface area (Å²) in [5.41, 5.74) is 3.49. The van der Waals surface area contributed by atoms with Gasteiger partial charge in [-0.3, -0.25) is 14.5 Å². The number of carbonyl (C=O) groups is 1. The summed E-state index contributed by atoms with van der Waals surface area (Å²) in [6.07, 6.45) is 3.20. The van der Waals surface area contributed by atoms with Crippen molar-refractivity contribution in [1.82, 2.24) is 14.8 Å². The van der Waals surface area contributed by atoms with E-state index in [1.165, 1.54) is 10.9 Å². The summed E-state index contributed by atoms with van der Waals surface area (Å²) >= 11 is 0. The molecular formula is C15H12FN3O2. The first-order valence-electron chi connectivity index (χ1n) is 6.36. The maximum Gasteiger partial charge on any atom is 0.325 e. The molecule has 0 spiro atoms. The topological polar surface area (TPSA) is 68.0 Å². The molecule has 0 unspecified atom stereocenters. The van der Waals surface area contributed by atoms with Crippen molar-refractivity contribution >= 4 is 17.0 Å². The molecule has 0 bridgehead atoms. The van der Waals surface area contributed by atoms with Gasteiger partial charge < -0.3 is 5.11 Å². The number of halogens is 1. The van der Waals surface area contributed by atoms with E-state index in [0.717, 1.165) is 11.1 Å². The first-order valence-corrected chi connectivity index (χ1v) is 6.36. The Balaban J connectivity index is 2.08. The van der Waals surface area contributed by atoms with Crippen molar-refractivity contribution in [2.75, 3.05) is 0 Å². The number of carboxylic acids is 1. The Labute approximate surface area is 119 Å². The Morgan fingerprint density at radius 3 is 2.86 bits per heavy atom. The van der Waals surface area contributed by atoms with E-state index in [2.05, 4.69) is 10.1 Å². The number of aliphatic carboxylic acids is 1. The molecule has 0 amide bonds. The van der Waals surface area contributed by atoms with Gasteiger partial charge in [-0.1, -0.05) is 18.2 Å². The second-order valence-corrected chi connectivity index (χ2v) is 4.66. The lowest BCUT2D eigenvalue weighted by Gasteiger charge is -2.05. The minimum atomic E-state index is -0.968. The van der Waals surface area contributed by atoms with Crippen molar-refractivity contribution in [3.05, 3.63) is 48.3 Å². The van der Waals surface area contributed by atoms with Crippen LogP contribution >= 0.6 is 0 Å². The maximum atomic E-state index is 12.7. The molecule has 0 saturated heterocycles. The van der Waals surface area contributed by atoms with Crippen molar-refractivity contribution in [3.63, 3.8) is 0 Å². The molecule has 3 rings (SSSR count). The Morgan fingerprint density at radius 1 is 1.24 bits per heavy atom. The molecule has 1 N–H and O–H groups in total. The standard InChI is InChI=1S/C15H12FN3O2/c16-6-10-2-1-3-11(4-10)12-5-14-13(17-7-12)8-18-19(14)9-15(20)21/h1-5,7-8H,6,9H2,(H,20,21). The summed E-state index contributed by atoms with van der Waals surface area (Å²) < 4.78 is 14.1. The average Bonchev–Trinajstić information content (AvgIpc) is 2.89. The number of pyridine rings is 1. The van der Waals surface area contributed by atoms with Crippen molar-refractivity contribution in [2.24, 2.45) is 0 Å². The van der Waals surface area contributed by atoms with Crippen LogP contribution in [0.4, 0.5) is 4.39 Å². The fourth-order valence-electron chi connectivity index (χ4n) is 2.20. The van der Waals surface area contributed by atoms with Crippen LogP contribution in [-0.4, -0.2) is 25.8 Å². The highest BCUT2D eigenvalue weighted by molar-refractivity contribution is 5.81. The molecule has 0 atom stereocenters. The van der Waals surface area contributed by atoms with E-state index in [9.17, 15) is 9.18 Å². The Bertz CT molecular complexity index is 814. The lowest BCUT2D eigenvalue weighted by Crippen LogP contribution is -2.09. The minimum Gasteiger partial charge on any atom is -0.480 e. The maximum absolute atomic E-state index is 12.7. The summed E-state index contributed by atoms with van der Waals surface area (Å²) in [5, 5.41) is 12.9. The van der Waals surface area contributed by atoms with Gasteiger partial charge in [0.15, 0.2) is 0 Å². The number of benzene rings is 1. The van der Waals surface area contributed by atoms with Crippen molar-refractivity contribution in [2.45, 2.75) is 13.2 Å². The van der Waals surface area contributed by atoms with Gasteiger partial charge in [-0.15, -0.1) is 0 Å². The van der Waals surface area contributed by atoms with E-state index in [-0.39, 0.29) is 6.54 Å². The number of fused-ring (bicyclic) bond motifs is 1. The predicted octanol–water partition coefficient (Wildman–Crippen LogP) is 2.65. The van der Waals surface area contributed by atoms with E-state index >= 15 is 0 Å². The third kappa shape index (κ3) is 2.60. The smallest absolute Gasteiger partial charge is 0.325 e. The van der Waals surface area contributed by atoms with Crippen molar-refractivity contribution in [3.8, 4) is 11.1 Å². The molecule has 2 heterocycles. The molecule has 0 radical (unpaired) electrons. The van der Waals surface area contributed by atoms with E-state index in [4.69, 9.17) is 5.11 Å². The molecule has 0 aliphatic heterocycles. The highest BCUT2D eigenvalue weighted by atomic mass is 19.1. The number of nitrogens with zero attached hydrogens (tertiary/aromatic N) is 3. The number of hydrogen-bond acceptors (Lipinski definition) is 3. The van der Waals surface area contributed by atoms with Crippen LogP contribution in [0.1, 0.15) is 5.56 Å². The molecule has 0 aliphatic carbocycles. The molecule has 0 fully saturated rings. The van der Waals surface area contributed by atoms with Crippen LogP contribution in [0.15, 0.2) is 42.7 Å². The van der Waals surface area contributed by atoms with Gasteiger partial charge in [0.2, 0.25) is 0 Å². The molecule has 2 aromatic heterocycles. The van der Waals surface area contributed by atoms with Gasteiger partial charge >= 0.3 is 5.97 Å². The Kier molecular flexibility index (Phi) is 3.35. The predicted molar refractivity (Wildman–Crippen MR) is 75.4 cm³/mol. The SMILES string of the molecule is O=C(O)Cn1ncc2ncc(-c3cccc(CF)c3)cc21. The minimum absolute atomic E-state index is 0.223. The van der Waals surface area contributed by atoms with Gasteiger partial charge in [-0.2, -0.15) is 5.10 Å². The molecule has 0 saturated carbocycles. The highest BCUT2D eigenvalue weighted by Gasteiger charge is 2.09. The Hall–Kier alpha value is -2.76. The fourth-order valence-corrected chi connectivity index (χ4v) is 2.20. The molecule has 3 aromatic rings. The molecule has 21 heavy (non-hydrogen) atoms. The van der Waals surface area contributed by atoms with Gasteiger partial charge in [-0.05, 0) is 23.3 Å². The first kappa shape index (κ1) is 13.2.